The van der Waals surface area contributed by atoms with E-state index in [1.54, 1.807) is 0 Å². The van der Waals surface area contributed by atoms with E-state index >= 15 is 0 Å². The molecule has 0 radical (unpaired) electrons. The fourth-order valence-electron chi connectivity index (χ4n) is 2.68. The van der Waals surface area contributed by atoms with E-state index in [2.05, 4.69) is 21.9 Å². The predicted molar refractivity (Wildman–Crippen MR) is 87.4 cm³/mol. The Bertz CT molecular complexity index is 663. The lowest BCUT2D eigenvalue weighted by Crippen LogP contribution is -2.24. The van der Waals surface area contributed by atoms with Gasteiger partial charge in [0.15, 0.2) is 0 Å². The summed E-state index contributed by atoms with van der Waals surface area (Å²) < 4.78 is 5.08. The van der Waals surface area contributed by atoms with E-state index in [1.165, 1.54) is 11.1 Å². The zero-order valence-electron chi connectivity index (χ0n) is 12.7. The minimum Gasteiger partial charge on any atom is -0.361 e. The number of benzene rings is 1. The summed E-state index contributed by atoms with van der Waals surface area (Å²) in [6.45, 7) is 5.56. The highest BCUT2D eigenvalue weighted by molar-refractivity contribution is 5.92. The van der Waals surface area contributed by atoms with Crippen LogP contribution in [-0.4, -0.2) is 17.6 Å². The summed E-state index contributed by atoms with van der Waals surface area (Å²) in [5.74, 6) is 0.658. The summed E-state index contributed by atoms with van der Waals surface area (Å²) in [6, 6.07) is 6.11. The molecular weight excluding hydrogens is 302 g/mol. The fraction of sp³-hybridized carbons (Fsp3) is 0.375. The molecule has 0 bridgehead atoms. The smallest absolute Gasteiger partial charge is 0.228 e. The molecule has 1 amide bonds. The van der Waals surface area contributed by atoms with E-state index in [1.807, 2.05) is 26.0 Å². The van der Waals surface area contributed by atoms with Crippen LogP contribution in [0.1, 0.15) is 28.1 Å². The molecule has 1 aromatic carbocycles. The van der Waals surface area contributed by atoms with Gasteiger partial charge in [-0.2, -0.15) is 0 Å². The maximum Gasteiger partial charge on any atom is 0.228 e. The largest absolute Gasteiger partial charge is 0.361 e. The van der Waals surface area contributed by atoms with Crippen LogP contribution in [0.15, 0.2) is 22.7 Å². The molecule has 3 rings (SSSR count). The highest BCUT2D eigenvalue weighted by Crippen LogP contribution is 2.20. The summed E-state index contributed by atoms with van der Waals surface area (Å²) in [7, 11) is 0. The van der Waals surface area contributed by atoms with Crippen molar-refractivity contribution >= 4 is 24.0 Å². The van der Waals surface area contributed by atoms with Crippen LogP contribution < -0.4 is 10.6 Å². The molecule has 6 heteroatoms. The van der Waals surface area contributed by atoms with Crippen LogP contribution in [0.5, 0.6) is 0 Å². The molecule has 0 spiro atoms. The predicted octanol–water partition coefficient (Wildman–Crippen LogP) is 2.54. The zero-order valence-corrected chi connectivity index (χ0v) is 13.5. The maximum atomic E-state index is 12.2. The second-order valence-electron chi connectivity index (χ2n) is 5.44. The van der Waals surface area contributed by atoms with Crippen molar-refractivity contribution in [3.05, 3.63) is 46.3 Å². The van der Waals surface area contributed by atoms with Crippen LogP contribution >= 0.6 is 12.4 Å². The van der Waals surface area contributed by atoms with Crippen LogP contribution in [0.4, 0.5) is 5.69 Å². The van der Waals surface area contributed by atoms with Gasteiger partial charge in [0.25, 0.3) is 0 Å². The Morgan fingerprint density at radius 1 is 1.36 bits per heavy atom. The van der Waals surface area contributed by atoms with Gasteiger partial charge in [-0.3, -0.25) is 4.79 Å². The molecule has 2 aromatic rings. The Hall–Kier alpha value is -1.85. The summed E-state index contributed by atoms with van der Waals surface area (Å²) in [6.07, 6.45) is 1.33. The molecule has 2 heterocycles. The number of hydrogen-bond donors (Lipinski definition) is 2. The number of nitrogens with one attached hydrogen (secondary N) is 2. The van der Waals surface area contributed by atoms with Crippen molar-refractivity contribution in [3.63, 3.8) is 0 Å². The lowest BCUT2D eigenvalue weighted by molar-refractivity contribution is -0.115. The Labute approximate surface area is 135 Å². The molecular formula is C16H20ClN3O2. The first-order valence-corrected chi connectivity index (χ1v) is 7.17. The molecule has 1 aliphatic heterocycles. The van der Waals surface area contributed by atoms with Crippen molar-refractivity contribution in [3.8, 4) is 0 Å². The molecule has 0 unspecified atom stereocenters. The average molecular weight is 322 g/mol. The summed E-state index contributed by atoms with van der Waals surface area (Å²) in [4.78, 5) is 12.2. The molecule has 0 aliphatic carbocycles. The molecule has 5 nitrogen and oxygen atoms in total. The van der Waals surface area contributed by atoms with E-state index < -0.39 is 0 Å². The topological polar surface area (TPSA) is 67.2 Å². The highest BCUT2D eigenvalue weighted by Gasteiger charge is 2.14. The Balaban J connectivity index is 0.00000176. The van der Waals surface area contributed by atoms with Gasteiger partial charge >= 0.3 is 0 Å². The second kappa shape index (κ2) is 6.94. The molecule has 0 atom stereocenters. The number of anilines is 1. The first-order chi connectivity index (χ1) is 10.1. The van der Waals surface area contributed by atoms with Crippen molar-refractivity contribution in [2.24, 2.45) is 0 Å². The first kappa shape index (κ1) is 16.5. The summed E-state index contributed by atoms with van der Waals surface area (Å²) >= 11 is 0. The Morgan fingerprint density at radius 2 is 2.18 bits per heavy atom. The highest BCUT2D eigenvalue weighted by atomic mass is 35.5. The SMILES string of the molecule is Cc1noc(C)c1CC(=O)Nc1ccc2c(c1)CNCC2.Cl. The standard InChI is InChI=1S/C16H19N3O2.ClH/c1-10-15(11(2)21-19-10)8-16(20)18-14-4-3-12-5-6-17-9-13(12)7-14;/h3-4,7,17H,5-6,8-9H2,1-2H3,(H,18,20);1H. The number of fused-ring (bicyclic) bond motifs is 1. The minimum absolute atomic E-state index is 0. The molecule has 0 saturated heterocycles. The van der Waals surface area contributed by atoms with Gasteiger partial charge in [0.2, 0.25) is 5.91 Å². The third-order valence-electron chi connectivity index (χ3n) is 3.90. The molecule has 118 valence electrons. The second-order valence-corrected chi connectivity index (χ2v) is 5.44. The number of halogens is 1. The van der Waals surface area contributed by atoms with E-state index in [4.69, 9.17) is 4.52 Å². The van der Waals surface area contributed by atoms with Gasteiger partial charge in [0.1, 0.15) is 5.76 Å². The summed E-state index contributed by atoms with van der Waals surface area (Å²) in [5.41, 5.74) is 5.10. The molecule has 0 fully saturated rings. The van der Waals surface area contributed by atoms with Gasteiger partial charge in [-0.15, -0.1) is 12.4 Å². The van der Waals surface area contributed by atoms with E-state index in [0.717, 1.165) is 36.5 Å². The molecule has 1 aliphatic rings. The van der Waals surface area contributed by atoms with E-state index in [0.29, 0.717) is 5.76 Å². The third kappa shape index (κ3) is 3.48. The number of nitrogens with zero attached hydrogens (tertiary/aromatic N) is 1. The number of carbonyl (C=O) groups is 1. The van der Waals surface area contributed by atoms with Crippen LogP contribution in [0.2, 0.25) is 0 Å². The van der Waals surface area contributed by atoms with Gasteiger partial charge in [-0.1, -0.05) is 11.2 Å². The van der Waals surface area contributed by atoms with E-state index in [-0.39, 0.29) is 24.7 Å². The maximum absolute atomic E-state index is 12.2. The van der Waals surface area contributed by atoms with Gasteiger partial charge in [0.05, 0.1) is 12.1 Å². The number of amides is 1. The number of aryl methyl sites for hydroxylation is 2. The monoisotopic (exact) mass is 321 g/mol. The van der Waals surface area contributed by atoms with Crippen molar-refractivity contribution in [1.29, 1.82) is 0 Å². The zero-order chi connectivity index (χ0) is 14.8. The number of rotatable bonds is 3. The number of carbonyl (C=O) groups excluding carboxylic acids is 1. The first-order valence-electron chi connectivity index (χ1n) is 7.17. The average Bonchev–Trinajstić information content (AvgIpc) is 2.79. The quantitative estimate of drug-likeness (QED) is 0.911. The van der Waals surface area contributed by atoms with Gasteiger partial charge in [-0.25, -0.2) is 0 Å². The Morgan fingerprint density at radius 3 is 2.91 bits per heavy atom. The lowest BCUT2D eigenvalue weighted by Gasteiger charge is -2.18. The van der Waals surface area contributed by atoms with Crippen LogP contribution in [-0.2, 0) is 24.2 Å². The number of aromatic nitrogens is 1. The van der Waals surface area contributed by atoms with Crippen LogP contribution in [0.3, 0.4) is 0 Å². The molecule has 22 heavy (non-hydrogen) atoms. The molecule has 0 saturated carbocycles. The minimum atomic E-state index is -0.0480. The molecule has 1 aromatic heterocycles. The fourth-order valence-corrected chi connectivity index (χ4v) is 2.68. The summed E-state index contributed by atoms with van der Waals surface area (Å²) in [5, 5.41) is 10.2. The third-order valence-corrected chi connectivity index (χ3v) is 3.90. The van der Waals surface area contributed by atoms with Crippen LogP contribution in [0, 0.1) is 13.8 Å². The van der Waals surface area contributed by atoms with Gasteiger partial charge < -0.3 is 15.2 Å². The molecule has 2 N–H and O–H groups in total. The normalized spacial score (nSPS) is 13.2. The van der Waals surface area contributed by atoms with E-state index in [9.17, 15) is 4.79 Å². The van der Waals surface area contributed by atoms with Crippen molar-refractivity contribution in [2.45, 2.75) is 33.2 Å². The van der Waals surface area contributed by atoms with Crippen molar-refractivity contribution in [1.82, 2.24) is 10.5 Å². The van der Waals surface area contributed by atoms with Gasteiger partial charge in [0, 0.05) is 17.8 Å². The Kier molecular flexibility index (Phi) is 5.21. The lowest BCUT2D eigenvalue weighted by atomic mass is 10.0. The number of hydrogen-bond acceptors (Lipinski definition) is 4. The van der Waals surface area contributed by atoms with Gasteiger partial charge in [-0.05, 0) is 50.1 Å². The van der Waals surface area contributed by atoms with Crippen molar-refractivity contribution in [2.75, 3.05) is 11.9 Å². The van der Waals surface area contributed by atoms with Crippen molar-refractivity contribution < 1.29 is 9.32 Å². The van der Waals surface area contributed by atoms with Crippen LogP contribution in [0.25, 0.3) is 0 Å².